The van der Waals surface area contributed by atoms with E-state index in [-0.39, 0.29) is 24.6 Å². The monoisotopic (exact) mass is 480 g/mol. The van der Waals surface area contributed by atoms with E-state index in [0.29, 0.717) is 5.56 Å². The number of nitrogens with two attached hydrogens (primary N) is 1. The minimum absolute atomic E-state index is 0.0867. The van der Waals surface area contributed by atoms with E-state index >= 15 is 0 Å². The minimum Gasteiger partial charge on any atom is -0.368 e. The first kappa shape index (κ1) is 24.8. The summed E-state index contributed by atoms with van der Waals surface area (Å²) in [6.45, 7) is 0. The zero-order valence-electron chi connectivity index (χ0n) is 17.4. The molecule has 0 fully saturated rings. The Kier molecular flexibility index (Phi) is 6.99. The molecular formula is C24H18F6N2O2. The van der Waals surface area contributed by atoms with Crippen LogP contribution in [0.2, 0.25) is 0 Å². The van der Waals surface area contributed by atoms with Gasteiger partial charge in [-0.15, -0.1) is 0 Å². The molecule has 178 valence electrons. The first-order valence-electron chi connectivity index (χ1n) is 9.88. The lowest BCUT2D eigenvalue weighted by atomic mass is 9.99. The molecule has 2 amide bonds. The maximum absolute atomic E-state index is 13.1. The highest BCUT2D eigenvalue weighted by Crippen LogP contribution is 2.36. The largest absolute Gasteiger partial charge is 0.416 e. The molecule has 3 N–H and O–H groups in total. The summed E-state index contributed by atoms with van der Waals surface area (Å²) in [4.78, 5) is 24.4. The highest BCUT2D eigenvalue weighted by Gasteiger charge is 2.37. The average Bonchev–Trinajstić information content (AvgIpc) is 2.78. The van der Waals surface area contributed by atoms with Gasteiger partial charge in [0.2, 0.25) is 5.91 Å². The molecule has 3 aromatic rings. The summed E-state index contributed by atoms with van der Waals surface area (Å²) in [6, 6.07) is 15.4. The van der Waals surface area contributed by atoms with E-state index in [1.807, 2.05) is 30.3 Å². The van der Waals surface area contributed by atoms with Gasteiger partial charge in [-0.1, -0.05) is 54.6 Å². The number of alkyl halides is 6. The van der Waals surface area contributed by atoms with E-state index in [1.165, 1.54) is 0 Å². The summed E-state index contributed by atoms with van der Waals surface area (Å²) in [5.74, 6) is -2.29. The molecule has 3 rings (SSSR count). The molecule has 0 bridgehead atoms. The van der Waals surface area contributed by atoms with Crippen molar-refractivity contribution in [1.29, 1.82) is 0 Å². The number of carbonyl (C=O) groups is 2. The average molecular weight is 480 g/mol. The molecule has 0 saturated carbocycles. The third kappa shape index (κ3) is 6.15. The molecule has 0 unspecified atom stereocenters. The van der Waals surface area contributed by atoms with Gasteiger partial charge < -0.3 is 11.1 Å². The number of hydrogen-bond donors (Lipinski definition) is 2. The summed E-state index contributed by atoms with van der Waals surface area (Å²) >= 11 is 0. The van der Waals surface area contributed by atoms with E-state index in [0.717, 1.165) is 11.1 Å². The Bertz CT molecular complexity index is 1140. The smallest absolute Gasteiger partial charge is 0.368 e. The normalized spacial score (nSPS) is 12.8. The molecule has 1 atom stereocenters. The van der Waals surface area contributed by atoms with Crippen molar-refractivity contribution in [2.75, 3.05) is 0 Å². The summed E-state index contributed by atoms with van der Waals surface area (Å²) in [5, 5.41) is 2.14. The van der Waals surface area contributed by atoms with Crippen molar-refractivity contribution in [1.82, 2.24) is 5.32 Å². The molecule has 3 aromatic carbocycles. The Hall–Kier alpha value is -3.82. The predicted molar refractivity (Wildman–Crippen MR) is 112 cm³/mol. The van der Waals surface area contributed by atoms with Gasteiger partial charge in [-0.25, -0.2) is 0 Å². The van der Waals surface area contributed by atoms with Gasteiger partial charge in [0.1, 0.15) is 6.04 Å². The van der Waals surface area contributed by atoms with Crippen molar-refractivity contribution in [3.05, 3.63) is 95.1 Å². The Morgan fingerprint density at radius 3 is 1.74 bits per heavy atom. The molecule has 10 heteroatoms. The van der Waals surface area contributed by atoms with Crippen LogP contribution in [0.1, 0.15) is 27.0 Å². The fraction of sp³-hybridized carbons (Fsp3) is 0.167. The fourth-order valence-corrected chi connectivity index (χ4v) is 3.25. The molecule has 0 saturated heterocycles. The van der Waals surface area contributed by atoms with Crippen molar-refractivity contribution >= 4 is 11.8 Å². The number of benzene rings is 3. The number of carbonyl (C=O) groups excluding carboxylic acids is 2. The second-order valence-corrected chi connectivity index (χ2v) is 7.49. The van der Waals surface area contributed by atoms with Gasteiger partial charge in [0.05, 0.1) is 11.1 Å². The van der Waals surface area contributed by atoms with Crippen molar-refractivity contribution in [3.8, 4) is 11.1 Å². The van der Waals surface area contributed by atoms with Crippen molar-refractivity contribution in [2.45, 2.75) is 24.8 Å². The molecule has 4 nitrogen and oxygen atoms in total. The van der Waals surface area contributed by atoms with E-state index < -0.39 is 46.9 Å². The van der Waals surface area contributed by atoms with Gasteiger partial charge in [0.25, 0.3) is 5.91 Å². The fourth-order valence-electron chi connectivity index (χ4n) is 3.25. The van der Waals surface area contributed by atoms with Crippen molar-refractivity contribution < 1.29 is 35.9 Å². The van der Waals surface area contributed by atoms with E-state index in [4.69, 9.17) is 5.73 Å². The molecule has 0 radical (unpaired) electrons. The Morgan fingerprint density at radius 2 is 1.26 bits per heavy atom. The van der Waals surface area contributed by atoms with Gasteiger partial charge in [-0.3, -0.25) is 9.59 Å². The minimum atomic E-state index is -5.11. The van der Waals surface area contributed by atoms with Crippen LogP contribution in [0.15, 0.2) is 72.8 Å². The molecule has 0 spiro atoms. The predicted octanol–water partition coefficient (Wildman–Crippen LogP) is 5.22. The summed E-state index contributed by atoms with van der Waals surface area (Å²) in [6.07, 6.45) is -10.3. The van der Waals surface area contributed by atoms with E-state index in [1.54, 1.807) is 24.3 Å². The number of halogens is 6. The van der Waals surface area contributed by atoms with E-state index in [2.05, 4.69) is 5.32 Å². The highest BCUT2D eigenvalue weighted by molar-refractivity contribution is 5.97. The summed E-state index contributed by atoms with van der Waals surface area (Å²) in [5.41, 5.74) is 3.54. The lowest BCUT2D eigenvalue weighted by Crippen LogP contribution is -2.46. The number of nitrogens with one attached hydrogen (secondary N) is 1. The second kappa shape index (κ2) is 9.58. The Labute approximate surface area is 190 Å². The topological polar surface area (TPSA) is 72.2 Å². The Morgan fingerprint density at radius 1 is 0.765 bits per heavy atom. The maximum atomic E-state index is 13.1. The summed E-state index contributed by atoms with van der Waals surface area (Å²) < 4.78 is 78.4. The molecule has 0 aliphatic rings. The maximum Gasteiger partial charge on any atom is 0.416 e. The zero-order chi connectivity index (χ0) is 25.1. The van der Waals surface area contributed by atoms with Crippen LogP contribution in [-0.4, -0.2) is 17.9 Å². The molecular weight excluding hydrogens is 462 g/mol. The van der Waals surface area contributed by atoms with Crippen LogP contribution in [0.3, 0.4) is 0 Å². The number of primary amides is 1. The van der Waals surface area contributed by atoms with Gasteiger partial charge in [-0.2, -0.15) is 26.3 Å². The van der Waals surface area contributed by atoms with Crippen LogP contribution in [-0.2, 0) is 23.6 Å². The molecule has 0 heterocycles. The van der Waals surface area contributed by atoms with E-state index in [9.17, 15) is 35.9 Å². The van der Waals surface area contributed by atoms with Crippen LogP contribution in [0.25, 0.3) is 11.1 Å². The highest BCUT2D eigenvalue weighted by atomic mass is 19.4. The zero-order valence-corrected chi connectivity index (χ0v) is 17.4. The molecule has 0 aliphatic heterocycles. The van der Waals surface area contributed by atoms with Crippen LogP contribution >= 0.6 is 0 Å². The first-order chi connectivity index (χ1) is 15.8. The first-order valence-corrected chi connectivity index (χ1v) is 9.88. The van der Waals surface area contributed by atoms with Crippen molar-refractivity contribution in [3.63, 3.8) is 0 Å². The SMILES string of the molecule is NC(=O)[C@H](Cc1ccc(-c2ccccc2)cc1)NC(=O)c1cc(C(F)(F)F)cc(C(F)(F)F)c1. The van der Waals surface area contributed by atoms with Crippen LogP contribution < -0.4 is 11.1 Å². The van der Waals surface area contributed by atoms with Gasteiger partial charge in [-0.05, 0) is 34.9 Å². The summed E-state index contributed by atoms with van der Waals surface area (Å²) in [7, 11) is 0. The van der Waals surface area contributed by atoms with Gasteiger partial charge >= 0.3 is 12.4 Å². The van der Waals surface area contributed by atoms with Crippen molar-refractivity contribution in [2.24, 2.45) is 5.73 Å². The third-order valence-corrected chi connectivity index (χ3v) is 5.00. The van der Waals surface area contributed by atoms with Crippen LogP contribution in [0, 0.1) is 0 Å². The Balaban J connectivity index is 1.82. The standard InChI is InChI=1S/C24H18F6N2O2/c25-23(26,27)18-11-17(12-19(13-18)24(28,29)30)22(34)32-20(21(31)33)10-14-6-8-16(9-7-14)15-4-2-1-3-5-15/h1-9,11-13,20H,10H2,(H2,31,33)(H,32,34)/t20-/m0/s1. The van der Waals surface area contributed by atoms with Crippen LogP contribution in [0.5, 0.6) is 0 Å². The molecule has 34 heavy (non-hydrogen) atoms. The molecule has 0 aromatic heterocycles. The lowest BCUT2D eigenvalue weighted by Gasteiger charge is -2.18. The van der Waals surface area contributed by atoms with Gasteiger partial charge in [0, 0.05) is 12.0 Å². The second-order valence-electron chi connectivity index (χ2n) is 7.49. The number of hydrogen-bond acceptors (Lipinski definition) is 2. The number of rotatable bonds is 6. The lowest BCUT2D eigenvalue weighted by molar-refractivity contribution is -0.143. The number of amides is 2. The third-order valence-electron chi connectivity index (χ3n) is 5.00. The molecule has 0 aliphatic carbocycles. The van der Waals surface area contributed by atoms with Gasteiger partial charge in [0.15, 0.2) is 0 Å². The quantitative estimate of drug-likeness (QED) is 0.475. The van der Waals surface area contributed by atoms with Crippen LogP contribution in [0.4, 0.5) is 26.3 Å².